The summed E-state index contributed by atoms with van der Waals surface area (Å²) in [5, 5.41) is 59.0. The number of fused-ring (bicyclic) bond motifs is 2. The van der Waals surface area contributed by atoms with Crippen LogP contribution in [0.4, 0.5) is 11.8 Å². The normalized spacial score (nSPS) is 27.2. The summed E-state index contributed by atoms with van der Waals surface area (Å²) in [5.74, 6) is -2.59. The van der Waals surface area contributed by atoms with Crippen molar-refractivity contribution in [3.8, 4) is 10.6 Å². The number of hydrogen-bond donors (Lipinski definition) is 7. The van der Waals surface area contributed by atoms with Crippen LogP contribution in [0.25, 0.3) is 20.8 Å². The van der Waals surface area contributed by atoms with Gasteiger partial charge in [-0.25, -0.2) is 9.97 Å². The van der Waals surface area contributed by atoms with Gasteiger partial charge in [0.15, 0.2) is 0 Å². The highest BCUT2D eigenvalue weighted by atomic mass is 32.1. The van der Waals surface area contributed by atoms with E-state index in [1.165, 1.54) is 11.3 Å². The number of para-hydroxylation sites is 1. The first-order valence-corrected chi connectivity index (χ1v) is 12.4. The van der Waals surface area contributed by atoms with Gasteiger partial charge in [0.25, 0.3) is 5.91 Å². The second-order valence-corrected chi connectivity index (χ2v) is 10.4. The minimum absolute atomic E-state index is 0.0508. The Morgan fingerprint density at radius 3 is 2.39 bits per heavy atom. The van der Waals surface area contributed by atoms with E-state index in [9.17, 15) is 25.5 Å². The molecule has 2 aliphatic carbocycles. The summed E-state index contributed by atoms with van der Waals surface area (Å²) in [7, 11) is 0. The van der Waals surface area contributed by atoms with Crippen LogP contribution < -0.4 is 10.6 Å². The number of anilines is 2. The zero-order chi connectivity index (χ0) is 25.2. The molecule has 11 heteroatoms. The van der Waals surface area contributed by atoms with E-state index >= 15 is 0 Å². The van der Waals surface area contributed by atoms with Crippen LogP contribution in [0.3, 0.4) is 0 Å². The maximum absolute atomic E-state index is 10.7. The Morgan fingerprint density at radius 1 is 0.972 bits per heavy atom. The van der Waals surface area contributed by atoms with Crippen LogP contribution in [0, 0.1) is 12.8 Å². The lowest BCUT2D eigenvalue weighted by Crippen LogP contribution is -2.42. The van der Waals surface area contributed by atoms with E-state index in [0.29, 0.717) is 28.5 Å². The van der Waals surface area contributed by atoms with Crippen molar-refractivity contribution < 1.29 is 25.5 Å². The molecule has 0 amide bonds. The number of aliphatic hydroxyl groups excluding tert-OH is 2. The minimum atomic E-state index is -2.43. The van der Waals surface area contributed by atoms with Crippen molar-refractivity contribution in [2.45, 2.75) is 43.1 Å². The maximum atomic E-state index is 10.7. The van der Waals surface area contributed by atoms with Gasteiger partial charge in [0, 0.05) is 11.5 Å². The second-order valence-electron chi connectivity index (χ2n) is 9.38. The first-order valence-electron chi connectivity index (χ1n) is 11.6. The number of aliphatic hydroxyl groups is 5. The van der Waals surface area contributed by atoms with Crippen molar-refractivity contribution in [1.29, 1.82) is 0 Å². The van der Waals surface area contributed by atoms with Crippen LogP contribution in [0.1, 0.15) is 17.7 Å². The average Bonchev–Trinajstić information content (AvgIpc) is 3.13. The molecule has 6 rings (SSSR count). The predicted molar refractivity (Wildman–Crippen MR) is 134 cm³/mol. The number of aryl methyl sites for hydroxylation is 1. The lowest BCUT2D eigenvalue weighted by molar-refractivity contribution is -0.144. The Kier molecular flexibility index (Phi) is 5.27. The number of nitrogens with one attached hydrogen (secondary N) is 2. The van der Waals surface area contributed by atoms with E-state index in [2.05, 4.69) is 20.6 Å². The smallest absolute Gasteiger partial charge is 0.275 e. The van der Waals surface area contributed by atoms with E-state index in [1.54, 1.807) is 37.3 Å². The van der Waals surface area contributed by atoms with Gasteiger partial charge in [0.05, 0.1) is 33.6 Å². The van der Waals surface area contributed by atoms with Crippen molar-refractivity contribution >= 4 is 33.3 Å². The number of nitrogens with zero attached hydrogens (tertiary/aromatic N) is 3. The van der Waals surface area contributed by atoms with Crippen LogP contribution in [0.5, 0.6) is 0 Å². The molecule has 0 radical (unpaired) electrons. The molecule has 2 heterocycles. The van der Waals surface area contributed by atoms with Crippen LogP contribution in [-0.4, -0.2) is 64.3 Å². The Labute approximate surface area is 210 Å². The Morgan fingerprint density at radius 2 is 1.69 bits per heavy atom. The lowest BCUT2D eigenvalue weighted by atomic mass is 10.1. The largest absolute Gasteiger partial charge is 0.390 e. The van der Waals surface area contributed by atoms with E-state index in [0.717, 1.165) is 10.2 Å². The zero-order valence-corrected chi connectivity index (χ0v) is 20.0. The minimum Gasteiger partial charge on any atom is -0.390 e. The molecule has 2 aliphatic rings. The number of benzene rings is 2. The molecule has 0 spiro atoms. The van der Waals surface area contributed by atoms with E-state index in [1.807, 2.05) is 24.3 Å². The van der Waals surface area contributed by atoms with Gasteiger partial charge in [-0.2, -0.15) is 4.98 Å². The first-order chi connectivity index (χ1) is 17.2. The highest BCUT2D eigenvalue weighted by molar-refractivity contribution is 7.21. The molecule has 2 saturated carbocycles. The third-order valence-electron chi connectivity index (χ3n) is 7.08. The molecule has 2 aromatic carbocycles. The van der Waals surface area contributed by atoms with Crippen molar-refractivity contribution in [2.75, 3.05) is 10.6 Å². The second kappa shape index (κ2) is 8.17. The summed E-state index contributed by atoms with van der Waals surface area (Å²) >= 11 is 1.46. The lowest BCUT2D eigenvalue weighted by Gasteiger charge is -2.26. The molecule has 0 saturated heterocycles. The standard InChI is InChI=1S/C25H25N5O5S/c1-12-18(22-28-15-9-5-6-10-17(15)36-22)21(27-16-11-14-19(31)24(14,33)20(16)32)29-23(26-12)30-25(34,35)13-7-3-2-4-8-13/h2-10,14,16,19-20,31-35H,11H2,1H3,(H2,26,27,29,30). The number of aromatic nitrogens is 3. The summed E-state index contributed by atoms with van der Waals surface area (Å²) in [5.41, 5.74) is 0.615. The molecule has 0 bridgehead atoms. The number of hydrogen-bond acceptors (Lipinski definition) is 11. The molecule has 0 aliphatic heterocycles. The molecule has 4 aromatic rings. The maximum Gasteiger partial charge on any atom is 0.275 e. The Hall–Kier alpha value is -3.19. The molecule has 36 heavy (non-hydrogen) atoms. The fraction of sp³-hybridized carbons (Fsp3) is 0.320. The van der Waals surface area contributed by atoms with Gasteiger partial charge in [-0.15, -0.1) is 11.3 Å². The van der Waals surface area contributed by atoms with Crippen LogP contribution in [-0.2, 0) is 5.91 Å². The molecule has 2 aromatic heterocycles. The highest BCUT2D eigenvalue weighted by Crippen LogP contribution is 2.56. The molecule has 7 N–H and O–H groups in total. The molecular formula is C25H25N5O5S. The van der Waals surface area contributed by atoms with Crippen LogP contribution in [0.2, 0.25) is 0 Å². The van der Waals surface area contributed by atoms with Gasteiger partial charge < -0.3 is 30.8 Å². The summed E-state index contributed by atoms with van der Waals surface area (Å²) in [6, 6.07) is 15.4. The Bertz CT molecular complexity index is 1410. The third kappa shape index (κ3) is 3.63. The summed E-state index contributed by atoms with van der Waals surface area (Å²) in [6.45, 7) is 1.76. The van der Waals surface area contributed by atoms with Crippen molar-refractivity contribution in [2.24, 2.45) is 5.92 Å². The third-order valence-corrected chi connectivity index (χ3v) is 8.14. The summed E-state index contributed by atoms with van der Waals surface area (Å²) < 4.78 is 0.980. The summed E-state index contributed by atoms with van der Waals surface area (Å²) in [6.07, 6.45) is -1.81. The monoisotopic (exact) mass is 507 g/mol. The molecule has 186 valence electrons. The van der Waals surface area contributed by atoms with Gasteiger partial charge in [-0.1, -0.05) is 42.5 Å². The van der Waals surface area contributed by atoms with Gasteiger partial charge in [0.2, 0.25) is 5.95 Å². The van der Waals surface area contributed by atoms with E-state index in [4.69, 9.17) is 4.98 Å². The van der Waals surface area contributed by atoms with Crippen molar-refractivity contribution in [3.05, 3.63) is 65.9 Å². The molecule has 5 unspecified atom stereocenters. The fourth-order valence-corrected chi connectivity index (χ4v) is 6.13. The molecule has 2 fully saturated rings. The molecule has 10 nitrogen and oxygen atoms in total. The first kappa shape index (κ1) is 23.2. The van der Waals surface area contributed by atoms with Gasteiger partial charge in [0.1, 0.15) is 22.5 Å². The van der Waals surface area contributed by atoms with Gasteiger partial charge in [-0.05, 0) is 25.5 Å². The highest BCUT2D eigenvalue weighted by Gasteiger charge is 2.74. The van der Waals surface area contributed by atoms with Crippen molar-refractivity contribution in [3.63, 3.8) is 0 Å². The van der Waals surface area contributed by atoms with Crippen molar-refractivity contribution in [1.82, 2.24) is 15.0 Å². The predicted octanol–water partition coefficient (Wildman–Crippen LogP) is 1.54. The van der Waals surface area contributed by atoms with E-state index in [-0.39, 0.29) is 11.5 Å². The topological polar surface area (TPSA) is 164 Å². The summed E-state index contributed by atoms with van der Waals surface area (Å²) in [4.78, 5) is 13.7. The zero-order valence-electron chi connectivity index (χ0n) is 19.2. The van der Waals surface area contributed by atoms with Gasteiger partial charge >= 0.3 is 0 Å². The SMILES string of the molecule is Cc1nc(NC(O)(O)c2ccccc2)nc(NC2CC3C(O)C3(O)C2O)c1-c1nc2ccccc2s1. The number of rotatable bonds is 6. The average molecular weight is 508 g/mol. The fourth-order valence-electron chi connectivity index (χ4n) is 5.06. The van der Waals surface area contributed by atoms with Crippen LogP contribution in [0.15, 0.2) is 54.6 Å². The van der Waals surface area contributed by atoms with Crippen LogP contribution >= 0.6 is 11.3 Å². The van der Waals surface area contributed by atoms with E-state index < -0.39 is 35.7 Å². The molecular weight excluding hydrogens is 482 g/mol. The number of thiazole rings is 1. The molecule has 5 atom stereocenters. The van der Waals surface area contributed by atoms with Gasteiger partial charge in [-0.3, -0.25) is 5.32 Å². The Balaban J connectivity index is 1.40. The quantitative estimate of drug-likeness (QED) is 0.190.